The average Bonchev–Trinajstić information content (AvgIpc) is 0.852. The first-order chi connectivity index (χ1) is 71.1. The number of rotatable bonds is 13. The third-order valence-corrected chi connectivity index (χ3v) is 29.7. The van der Waals surface area contributed by atoms with Crippen LogP contribution < -0.4 is 30.5 Å². The molecule has 10 nitrogen and oxygen atoms in total. The number of imidazole rings is 1. The molecular weight excluding hydrogens is 2030 g/mol. The summed E-state index contributed by atoms with van der Waals surface area (Å²) in [5, 5.41) is 28.9. The van der Waals surface area contributed by atoms with Gasteiger partial charge >= 0.3 is 0 Å². The molecule has 705 valence electrons. The van der Waals surface area contributed by atoms with Gasteiger partial charge in [0.1, 0.15) is 0 Å². The fourth-order valence-electron chi connectivity index (χ4n) is 21.8. The Hall–Kier alpha value is -15.9. The molecule has 1 radical (unpaired) electrons. The van der Waals surface area contributed by atoms with Crippen molar-refractivity contribution in [3.63, 3.8) is 0 Å². The maximum atomic E-state index is 5.67. The predicted molar refractivity (Wildman–Crippen MR) is 605 cm³/mol. The van der Waals surface area contributed by atoms with Gasteiger partial charge in [0.15, 0.2) is 0 Å². The molecule has 6 atom stereocenters. The number of aliphatic imine (C=N–C) groups is 1. The molecule has 0 saturated carbocycles. The smallest absolute Gasteiger partial charge is 0.0703 e. The van der Waals surface area contributed by atoms with Crippen molar-refractivity contribution in [1.29, 1.82) is 0 Å². The van der Waals surface area contributed by atoms with Crippen molar-refractivity contribution in [1.82, 2.24) is 24.9 Å². The molecule has 6 unspecified atom stereocenters. The van der Waals surface area contributed by atoms with Crippen LogP contribution in [0.2, 0.25) is 0 Å². The van der Waals surface area contributed by atoms with E-state index in [0.29, 0.717) is 11.7 Å². The number of fused-ring (bicyclic) bond motifs is 15. The summed E-state index contributed by atoms with van der Waals surface area (Å²) in [6, 6.07) is 142. The minimum Gasteiger partial charge on any atom is -0.681 e. The first-order valence-electron chi connectivity index (χ1n) is 49.8. The largest absolute Gasteiger partial charge is 0.681 e. The summed E-state index contributed by atoms with van der Waals surface area (Å²) in [5.41, 5.74) is 26.8. The Balaban J connectivity index is 0.000000128. The van der Waals surface area contributed by atoms with E-state index < -0.39 is 0 Å². The van der Waals surface area contributed by atoms with Crippen LogP contribution in [0.25, 0.3) is 146 Å². The molecule has 27 rings (SSSR count). The fourth-order valence-corrected chi connectivity index (χ4v) is 22.7. The van der Waals surface area contributed by atoms with E-state index >= 15 is 0 Å². The maximum Gasteiger partial charge on any atom is 0.0703 e. The molecule has 4 aliphatic heterocycles. The molecule has 0 saturated heterocycles. The predicted octanol–water partition coefficient (Wildman–Crippen LogP) is 32.6. The summed E-state index contributed by atoms with van der Waals surface area (Å²) < 4.78 is 1.26. The van der Waals surface area contributed by atoms with E-state index in [-0.39, 0.29) is 69.5 Å². The van der Waals surface area contributed by atoms with Crippen LogP contribution in [0.15, 0.2) is 495 Å². The van der Waals surface area contributed by atoms with E-state index in [1.165, 1.54) is 125 Å². The van der Waals surface area contributed by atoms with Crippen molar-refractivity contribution in [2.24, 2.45) is 22.7 Å². The van der Waals surface area contributed by atoms with Gasteiger partial charge in [-0.15, -0.1) is 70.3 Å². The van der Waals surface area contributed by atoms with Crippen LogP contribution in [0, 0.1) is 37.7 Å². The number of allylic oxidation sites excluding steroid dienone is 11. The minimum atomic E-state index is -0.105. The number of nitrogens with zero attached hydrogens (tertiary/aromatic N) is 10. The number of anilines is 6. The van der Waals surface area contributed by atoms with E-state index in [1.807, 2.05) is 72.9 Å². The summed E-state index contributed by atoms with van der Waals surface area (Å²) in [5.74, 6) is 1.43. The number of benzene rings is 16. The number of hydrogen-bond donors (Lipinski definition) is 0. The summed E-state index contributed by atoms with van der Waals surface area (Å²) in [4.78, 5) is 34.4. The second-order valence-corrected chi connectivity index (χ2v) is 38.8. The molecular formula is C133H101IrN10SZn-5. The Morgan fingerprint density at radius 1 is 0.390 bits per heavy atom. The van der Waals surface area contributed by atoms with Crippen molar-refractivity contribution < 1.29 is 39.6 Å². The molecule has 0 N–H and O–H groups in total. The number of thiophene rings is 1. The molecule has 5 aromatic heterocycles. The molecule has 6 aliphatic rings. The summed E-state index contributed by atoms with van der Waals surface area (Å²) >= 11 is 1.73. The van der Waals surface area contributed by atoms with Gasteiger partial charge in [-0.1, -0.05) is 398 Å². The van der Waals surface area contributed by atoms with Crippen LogP contribution in [0.1, 0.15) is 55.4 Å². The Kier molecular flexibility index (Phi) is 27.4. The SMILES string of the molecule is CC1=CCC(C2=c3ccc([n-]3)=C(c3ccc(C)cc3)C3C=CC([N-]3)C(C3C=CC(C)=CC3)C3CC=C([N-]3)C(c3ccc(C)cc3)=C3C=CC2=N3)C=C1.[Ir].[Zn].[c-]1c(-c2ccccn2)sc2ccccc12.c1ccc(-c2nc3ccccc3[n-]2)nc1.c1ccc(N(c2cccc3ccccc23)c2c3ccccc3c(-c3c4ccccc4c(N(c4ccccc4)c4cccc5ccccc45)c4ccccc34)c3ccccc23)cc1. The zero-order valence-corrected chi connectivity index (χ0v) is 87.6. The Bertz CT molecular complexity index is 8420. The molecule has 16 aromatic carbocycles. The molecule has 146 heavy (non-hydrogen) atoms. The molecule has 0 amide bonds. The molecule has 8 bridgehead atoms. The number of hydrogen-bond acceptors (Lipinski definition) is 7. The fraction of sp³-hybridized carbons (Fsp3) is 0.0977. The van der Waals surface area contributed by atoms with Gasteiger partial charge in [0.25, 0.3) is 0 Å². The quantitative estimate of drug-likeness (QED) is 0.0489. The zero-order chi connectivity index (χ0) is 96.5. The van der Waals surface area contributed by atoms with Crippen LogP contribution in [-0.2, 0) is 39.6 Å². The number of para-hydroxylation sites is 4. The van der Waals surface area contributed by atoms with E-state index in [9.17, 15) is 0 Å². The number of pyridine rings is 2. The van der Waals surface area contributed by atoms with Gasteiger partial charge in [-0.25, -0.2) is 16.3 Å². The van der Waals surface area contributed by atoms with Crippen molar-refractivity contribution in [2.75, 3.05) is 9.80 Å². The molecule has 2 aliphatic carbocycles. The average molecular weight is 2130 g/mol. The van der Waals surface area contributed by atoms with Crippen LogP contribution in [0.3, 0.4) is 0 Å². The van der Waals surface area contributed by atoms with E-state index in [2.05, 4.69) is 452 Å². The zero-order valence-electron chi connectivity index (χ0n) is 81.5. The monoisotopic (exact) mass is 2130 g/mol. The summed E-state index contributed by atoms with van der Waals surface area (Å²) in [7, 11) is 0. The molecule has 21 aromatic rings. The van der Waals surface area contributed by atoms with Crippen molar-refractivity contribution in [2.45, 2.75) is 65.1 Å². The Morgan fingerprint density at radius 2 is 0.884 bits per heavy atom. The second-order valence-electron chi connectivity index (χ2n) is 37.8. The molecule has 9 heterocycles. The first-order valence-corrected chi connectivity index (χ1v) is 50.6. The van der Waals surface area contributed by atoms with Crippen molar-refractivity contribution in [3.8, 4) is 33.2 Å². The third-order valence-electron chi connectivity index (χ3n) is 28.6. The van der Waals surface area contributed by atoms with Crippen molar-refractivity contribution >= 4 is 154 Å². The summed E-state index contributed by atoms with van der Waals surface area (Å²) in [6.07, 6.45) is 31.8. The number of aryl methyl sites for hydroxylation is 2. The van der Waals surface area contributed by atoms with Crippen LogP contribution >= 0.6 is 11.3 Å². The van der Waals surface area contributed by atoms with Crippen LogP contribution in [0.5, 0.6) is 0 Å². The van der Waals surface area contributed by atoms with Gasteiger partial charge in [0.2, 0.25) is 0 Å². The third kappa shape index (κ3) is 18.7. The Labute approximate surface area is 881 Å². The topological polar surface area (TPSA) is 114 Å². The van der Waals surface area contributed by atoms with Gasteiger partial charge < -0.3 is 40.4 Å². The van der Waals surface area contributed by atoms with Gasteiger partial charge in [-0.3, -0.25) is 4.98 Å². The first kappa shape index (κ1) is 94.9. The molecule has 13 heteroatoms. The molecule has 0 spiro atoms. The van der Waals surface area contributed by atoms with Gasteiger partial charge in [0, 0.05) is 107 Å². The maximum absolute atomic E-state index is 5.67. The van der Waals surface area contributed by atoms with E-state index in [0.717, 1.165) is 119 Å². The normalized spacial score (nSPS) is 17.0. The van der Waals surface area contributed by atoms with Gasteiger partial charge in [-0.05, 0) is 212 Å². The molecule has 0 fully saturated rings. The van der Waals surface area contributed by atoms with Gasteiger partial charge in [0.05, 0.1) is 39.9 Å². The minimum absolute atomic E-state index is 0. The van der Waals surface area contributed by atoms with Crippen LogP contribution in [0.4, 0.5) is 34.1 Å². The van der Waals surface area contributed by atoms with Gasteiger partial charge in [-0.2, -0.15) is 0 Å². The van der Waals surface area contributed by atoms with Crippen molar-refractivity contribution in [3.05, 3.63) is 540 Å². The van der Waals surface area contributed by atoms with E-state index in [1.54, 1.807) is 17.5 Å². The van der Waals surface area contributed by atoms with Crippen LogP contribution in [-0.4, -0.2) is 38.8 Å². The van der Waals surface area contributed by atoms with E-state index in [4.69, 9.17) is 20.6 Å². The standard InChI is InChI=1S/C60H40N2.C48H45N4.C13H8NS.C12H8N3.Ir.Zn/c1-3-25-43(26-4-1)61(55-39-19-23-41-21-7-9-29-45(41)55)59-51-35-15-11-31-47(51)57(48-32-12-16-36-52(48)59)58-49-33-13-17-37-53(49)60(54-38-18-14-34-50(54)58)62(44-27-5-2-6-28-44)56-40-20-24-42-22-8-10-30-46(42)56;1-29-5-13-33(14-6-29)45-37-21-23-39(49-37)46(34-15-7-30(2)8-16-34)41-25-27-43(51-41)48(36-19-11-32(4)12-20-36)44-28-26-42(52-44)47(40-24-22-38(45)50-40)35-17-9-31(3)10-18-35;1-2-7-12-10(5-1)9-13(15-12)11-6-3-4-8-14-11;1-2-6-10-9(5-1)14-12(15-10)11-7-3-4-8-13-11;;/h1-40H;5-15,17,19-25,27-28,34-35,38,40,42,47H,16,18,26H2,1-4H3;2*1-8H;;/q;-3;2*-1;;. The number of aromatic nitrogens is 5. The second kappa shape index (κ2) is 42.2. The summed E-state index contributed by atoms with van der Waals surface area (Å²) in [6.45, 7) is 8.65. The Morgan fingerprint density at radius 3 is 1.42 bits per heavy atom.